The van der Waals surface area contributed by atoms with Crippen LogP contribution in [0.5, 0.6) is 0 Å². The Balaban J connectivity index is 2.47. The number of halogens is 2. The minimum atomic E-state index is 0.0602. The zero-order valence-electron chi connectivity index (χ0n) is 11.3. The number of hydrogen-bond donors (Lipinski definition) is 1. The summed E-state index contributed by atoms with van der Waals surface area (Å²) >= 11 is 7.25. The van der Waals surface area contributed by atoms with E-state index in [0.29, 0.717) is 0 Å². The molecule has 1 heterocycles. The molecular weight excluding hydrogens is 370 g/mol. The van der Waals surface area contributed by atoms with E-state index >= 15 is 0 Å². The monoisotopic (exact) mass is 385 g/mol. The van der Waals surface area contributed by atoms with Gasteiger partial charge in [0.2, 0.25) is 0 Å². The molecule has 2 nitrogen and oxygen atoms in total. The van der Waals surface area contributed by atoms with Crippen LogP contribution in [-0.4, -0.2) is 6.54 Å². The van der Waals surface area contributed by atoms with E-state index in [1.807, 2.05) is 19.1 Å². The largest absolute Gasteiger partial charge is 0.464 e. The van der Waals surface area contributed by atoms with E-state index in [9.17, 15) is 0 Å². The van der Waals surface area contributed by atoms with Crippen LogP contribution in [0.3, 0.4) is 0 Å². The Morgan fingerprint density at radius 2 is 1.89 bits per heavy atom. The van der Waals surface area contributed by atoms with Crippen molar-refractivity contribution < 1.29 is 4.42 Å². The van der Waals surface area contributed by atoms with Crippen LogP contribution in [0, 0.1) is 13.8 Å². The van der Waals surface area contributed by atoms with Gasteiger partial charge in [0.05, 0.1) is 6.04 Å². The Hall–Kier alpha value is -0.580. The summed E-state index contributed by atoms with van der Waals surface area (Å²) in [6, 6.07) is 8.36. The molecule has 4 heteroatoms. The fourth-order valence-corrected chi connectivity index (χ4v) is 3.11. The van der Waals surface area contributed by atoms with Crippen molar-refractivity contribution in [1.82, 2.24) is 5.32 Å². The highest BCUT2D eigenvalue weighted by Crippen LogP contribution is 2.33. The lowest BCUT2D eigenvalue weighted by molar-refractivity contribution is 0.434. The van der Waals surface area contributed by atoms with E-state index < -0.39 is 0 Å². The Kier molecular flexibility index (Phi) is 4.87. The molecule has 102 valence electrons. The number of aryl methyl sites for hydroxylation is 2. The van der Waals surface area contributed by atoms with E-state index in [4.69, 9.17) is 4.42 Å². The van der Waals surface area contributed by atoms with Crippen molar-refractivity contribution in [3.63, 3.8) is 0 Å². The summed E-state index contributed by atoms with van der Waals surface area (Å²) in [6.07, 6.45) is 0. The lowest BCUT2D eigenvalue weighted by Gasteiger charge is -2.19. The molecule has 0 saturated heterocycles. The fraction of sp³-hybridized carbons (Fsp3) is 0.333. The molecule has 19 heavy (non-hydrogen) atoms. The Bertz CT molecular complexity index is 578. The Morgan fingerprint density at radius 1 is 1.16 bits per heavy atom. The first-order valence-electron chi connectivity index (χ1n) is 6.28. The SMILES string of the molecule is CCNC(c1ccc(C)o1)c1cc(Br)c(C)cc1Br. The maximum absolute atomic E-state index is 5.78. The molecule has 0 fully saturated rings. The van der Waals surface area contributed by atoms with Gasteiger partial charge in [-0.25, -0.2) is 0 Å². The molecule has 0 aliphatic rings. The summed E-state index contributed by atoms with van der Waals surface area (Å²) in [6.45, 7) is 7.02. The van der Waals surface area contributed by atoms with Crippen LogP contribution in [0.25, 0.3) is 0 Å². The van der Waals surface area contributed by atoms with E-state index in [-0.39, 0.29) is 6.04 Å². The molecule has 1 atom stereocenters. The smallest absolute Gasteiger partial charge is 0.125 e. The minimum absolute atomic E-state index is 0.0602. The van der Waals surface area contributed by atoms with Gasteiger partial charge < -0.3 is 9.73 Å². The van der Waals surface area contributed by atoms with Crippen LogP contribution in [0.4, 0.5) is 0 Å². The molecule has 0 radical (unpaired) electrons. The zero-order valence-corrected chi connectivity index (χ0v) is 14.4. The van der Waals surface area contributed by atoms with Gasteiger partial charge in [-0.1, -0.05) is 38.8 Å². The molecule has 1 aromatic carbocycles. The minimum Gasteiger partial charge on any atom is -0.464 e. The summed E-state index contributed by atoms with van der Waals surface area (Å²) in [7, 11) is 0. The van der Waals surface area contributed by atoms with Crippen molar-refractivity contribution in [3.8, 4) is 0 Å². The van der Waals surface area contributed by atoms with E-state index in [1.54, 1.807) is 0 Å². The lowest BCUT2D eigenvalue weighted by Crippen LogP contribution is -2.22. The average Bonchev–Trinajstić information content (AvgIpc) is 2.78. The van der Waals surface area contributed by atoms with Crippen molar-refractivity contribution in [2.45, 2.75) is 26.8 Å². The van der Waals surface area contributed by atoms with Crippen molar-refractivity contribution in [3.05, 3.63) is 55.9 Å². The molecule has 0 spiro atoms. The molecule has 2 rings (SSSR count). The lowest BCUT2D eigenvalue weighted by atomic mass is 10.0. The van der Waals surface area contributed by atoms with Crippen molar-refractivity contribution >= 4 is 31.9 Å². The highest BCUT2D eigenvalue weighted by Gasteiger charge is 2.20. The molecular formula is C15H17Br2NO. The third-order valence-corrected chi connectivity index (χ3v) is 4.58. The molecule has 1 unspecified atom stereocenters. The third-order valence-electron chi connectivity index (χ3n) is 3.04. The first kappa shape index (κ1) is 14.8. The number of rotatable bonds is 4. The molecule has 0 bridgehead atoms. The fourth-order valence-electron chi connectivity index (χ4n) is 2.06. The molecule has 0 saturated carbocycles. The second-order valence-corrected chi connectivity index (χ2v) is 6.27. The first-order chi connectivity index (χ1) is 9.02. The number of benzene rings is 1. The first-order valence-corrected chi connectivity index (χ1v) is 7.86. The molecule has 0 aliphatic heterocycles. The second-order valence-electron chi connectivity index (χ2n) is 4.56. The van der Waals surface area contributed by atoms with Gasteiger partial charge in [0, 0.05) is 8.95 Å². The predicted molar refractivity (Wildman–Crippen MR) is 85.5 cm³/mol. The summed E-state index contributed by atoms with van der Waals surface area (Å²) < 4.78 is 7.98. The van der Waals surface area contributed by atoms with Gasteiger partial charge in [-0.2, -0.15) is 0 Å². The van der Waals surface area contributed by atoms with Gasteiger partial charge in [-0.3, -0.25) is 0 Å². The summed E-state index contributed by atoms with van der Waals surface area (Å²) in [5.74, 6) is 1.87. The zero-order chi connectivity index (χ0) is 14.0. The van der Waals surface area contributed by atoms with Crippen LogP contribution in [0.15, 0.2) is 37.6 Å². The number of hydrogen-bond acceptors (Lipinski definition) is 2. The van der Waals surface area contributed by atoms with Crippen LogP contribution in [0.2, 0.25) is 0 Å². The molecule has 2 aromatic rings. The molecule has 1 N–H and O–H groups in total. The van der Waals surface area contributed by atoms with Crippen LogP contribution in [0.1, 0.15) is 35.6 Å². The third kappa shape index (κ3) is 3.30. The van der Waals surface area contributed by atoms with Gasteiger partial charge in [0.15, 0.2) is 0 Å². The summed E-state index contributed by atoms with van der Waals surface area (Å²) in [5, 5.41) is 3.47. The Morgan fingerprint density at radius 3 is 2.47 bits per heavy atom. The van der Waals surface area contributed by atoms with E-state index in [0.717, 1.165) is 27.0 Å². The maximum atomic E-state index is 5.78. The van der Waals surface area contributed by atoms with Gasteiger partial charge in [-0.15, -0.1) is 0 Å². The summed E-state index contributed by atoms with van der Waals surface area (Å²) in [4.78, 5) is 0. The van der Waals surface area contributed by atoms with Gasteiger partial charge in [0.1, 0.15) is 11.5 Å². The van der Waals surface area contributed by atoms with Gasteiger partial charge in [0.25, 0.3) is 0 Å². The van der Waals surface area contributed by atoms with Gasteiger partial charge >= 0.3 is 0 Å². The van der Waals surface area contributed by atoms with Crippen molar-refractivity contribution in [1.29, 1.82) is 0 Å². The Labute approximate surface area is 130 Å². The number of furan rings is 1. The second kappa shape index (κ2) is 6.25. The number of nitrogens with one attached hydrogen (secondary N) is 1. The maximum Gasteiger partial charge on any atom is 0.125 e. The standard InChI is InChI=1S/C15H17Br2NO/c1-4-18-15(14-6-5-10(3)19-14)11-8-12(16)9(2)7-13(11)17/h5-8,15,18H,4H2,1-3H3. The topological polar surface area (TPSA) is 25.2 Å². The van der Waals surface area contributed by atoms with Gasteiger partial charge in [-0.05, 0) is 55.8 Å². The van der Waals surface area contributed by atoms with Crippen LogP contribution < -0.4 is 5.32 Å². The van der Waals surface area contributed by atoms with Crippen LogP contribution >= 0.6 is 31.9 Å². The van der Waals surface area contributed by atoms with Crippen molar-refractivity contribution in [2.24, 2.45) is 0 Å². The highest BCUT2D eigenvalue weighted by atomic mass is 79.9. The quantitative estimate of drug-likeness (QED) is 0.788. The molecule has 0 aliphatic carbocycles. The highest BCUT2D eigenvalue weighted by molar-refractivity contribution is 9.11. The average molecular weight is 387 g/mol. The predicted octanol–water partition coefficient (Wildman–Crippen LogP) is 5.12. The molecule has 1 aromatic heterocycles. The van der Waals surface area contributed by atoms with Crippen molar-refractivity contribution in [2.75, 3.05) is 6.54 Å². The van der Waals surface area contributed by atoms with E-state index in [2.05, 4.69) is 63.2 Å². The molecule has 0 amide bonds. The van der Waals surface area contributed by atoms with E-state index in [1.165, 1.54) is 11.1 Å². The summed E-state index contributed by atoms with van der Waals surface area (Å²) in [5.41, 5.74) is 2.38. The normalized spacial score (nSPS) is 12.7. The van der Waals surface area contributed by atoms with Crippen LogP contribution in [-0.2, 0) is 0 Å².